The van der Waals surface area contributed by atoms with E-state index in [1.165, 1.54) is 11.3 Å². The highest BCUT2D eigenvalue weighted by molar-refractivity contribution is 9.10. The third kappa shape index (κ3) is 1.90. The third-order valence-corrected chi connectivity index (χ3v) is 5.33. The molecule has 1 aromatic carbocycles. The first-order valence-corrected chi connectivity index (χ1v) is 8.33. The highest BCUT2D eigenvalue weighted by Gasteiger charge is 2.15. The van der Waals surface area contributed by atoms with Crippen molar-refractivity contribution >= 4 is 43.6 Å². The van der Waals surface area contributed by atoms with E-state index in [-0.39, 0.29) is 0 Å². The lowest BCUT2D eigenvalue weighted by molar-refractivity contribution is 0.974. The normalized spacial score (nSPS) is 11.2. The number of nitrogens with zero attached hydrogens (tertiary/aromatic N) is 4. The van der Waals surface area contributed by atoms with Gasteiger partial charge in [-0.3, -0.25) is 0 Å². The minimum Gasteiger partial charge on any atom is -0.181 e. The van der Waals surface area contributed by atoms with Crippen molar-refractivity contribution in [3.8, 4) is 21.3 Å². The zero-order valence-electron chi connectivity index (χ0n) is 10.0. The molecule has 0 bridgehead atoms. The fourth-order valence-corrected chi connectivity index (χ4v) is 4.10. The Kier molecular flexibility index (Phi) is 2.90. The molecule has 0 aliphatic heterocycles. The Morgan fingerprint density at radius 1 is 1.05 bits per heavy atom. The van der Waals surface area contributed by atoms with Gasteiger partial charge in [0.1, 0.15) is 5.01 Å². The van der Waals surface area contributed by atoms with Gasteiger partial charge in [0.15, 0.2) is 5.82 Å². The Morgan fingerprint density at radius 2 is 1.95 bits per heavy atom. The molecular formula is C13H7BrN4S2. The average Bonchev–Trinajstić information content (AvgIpc) is 3.14. The molecular weight excluding hydrogens is 356 g/mol. The highest BCUT2D eigenvalue weighted by Crippen LogP contribution is 2.33. The van der Waals surface area contributed by atoms with Crippen LogP contribution in [0.25, 0.3) is 26.2 Å². The van der Waals surface area contributed by atoms with E-state index in [1.54, 1.807) is 11.3 Å². The summed E-state index contributed by atoms with van der Waals surface area (Å²) in [5.41, 5.74) is 1.07. The number of hydrogen-bond donors (Lipinski definition) is 0. The molecule has 0 aliphatic carbocycles. The molecule has 7 heteroatoms. The molecule has 0 atom stereocenters. The van der Waals surface area contributed by atoms with Crippen LogP contribution in [0.15, 0.2) is 46.3 Å². The van der Waals surface area contributed by atoms with Crippen LogP contribution < -0.4 is 0 Å². The van der Waals surface area contributed by atoms with E-state index < -0.39 is 0 Å². The first-order valence-electron chi connectivity index (χ1n) is 5.84. The Hall–Kier alpha value is -1.57. The van der Waals surface area contributed by atoms with Crippen LogP contribution in [-0.4, -0.2) is 19.8 Å². The topological polar surface area (TPSA) is 43.1 Å². The molecule has 0 fully saturated rings. The fourth-order valence-electron chi connectivity index (χ4n) is 1.92. The Morgan fingerprint density at radius 3 is 2.75 bits per heavy atom. The van der Waals surface area contributed by atoms with Gasteiger partial charge < -0.3 is 0 Å². The summed E-state index contributed by atoms with van der Waals surface area (Å²) in [6.45, 7) is 0. The van der Waals surface area contributed by atoms with Gasteiger partial charge in [0, 0.05) is 10.0 Å². The standard InChI is InChI=1S/C13H7BrN4S2/c14-9-5-2-1-4-8(9)12-17-18-11(10-6-3-7-19-10)15-16-13(18)20-12/h1-7H. The van der Waals surface area contributed by atoms with E-state index >= 15 is 0 Å². The SMILES string of the molecule is Brc1ccccc1-c1nn2c(-c3cccs3)nnc2s1. The van der Waals surface area contributed by atoms with Gasteiger partial charge in [-0.25, -0.2) is 0 Å². The van der Waals surface area contributed by atoms with E-state index in [2.05, 4.69) is 31.2 Å². The quantitative estimate of drug-likeness (QED) is 0.532. The van der Waals surface area contributed by atoms with Crippen molar-refractivity contribution in [2.75, 3.05) is 0 Å². The van der Waals surface area contributed by atoms with Gasteiger partial charge in [-0.15, -0.1) is 21.5 Å². The summed E-state index contributed by atoms with van der Waals surface area (Å²) in [5, 5.41) is 16.0. The molecule has 20 heavy (non-hydrogen) atoms. The highest BCUT2D eigenvalue weighted by atomic mass is 79.9. The third-order valence-electron chi connectivity index (χ3n) is 2.84. The van der Waals surface area contributed by atoms with Crippen LogP contribution in [0.4, 0.5) is 0 Å². The van der Waals surface area contributed by atoms with Crippen molar-refractivity contribution in [2.45, 2.75) is 0 Å². The van der Waals surface area contributed by atoms with Crippen LogP contribution in [0.5, 0.6) is 0 Å². The van der Waals surface area contributed by atoms with E-state index in [0.29, 0.717) is 0 Å². The zero-order chi connectivity index (χ0) is 13.5. The van der Waals surface area contributed by atoms with Crippen molar-refractivity contribution in [1.29, 1.82) is 0 Å². The average molecular weight is 363 g/mol. The van der Waals surface area contributed by atoms with Gasteiger partial charge in [-0.1, -0.05) is 51.5 Å². The van der Waals surface area contributed by atoms with Crippen molar-refractivity contribution in [1.82, 2.24) is 19.8 Å². The molecule has 4 aromatic rings. The maximum atomic E-state index is 4.65. The number of benzene rings is 1. The molecule has 0 N–H and O–H groups in total. The van der Waals surface area contributed by atoms with Crippen molar-refractivity contribution in [3.05, 3.63) is 46.3 Å². The van der Waals surface area contributed by atoms with Crippen LogP contribution in [0.3, 0.4) is 0 Å². The lowest BCUT2D eigenvalue weighted by Crippen LogP contribution is -1.89. The summed E-state index contributed by atoms with van der Waals surface area (Å²) in [6.07, 6.45) is 0. The molecule has 98 valence electrons. The molecule has 3 heterocycles. The lowest BCUT2D eigenvalue weighted by atomic mass is 10.2. The molecule has 0 aliphatic rings. The number of halogens is 1. The molecule has 0 saturated heterocycles. The van der Waals surface area contributed by atoms with Gasteiger partial charge in [0.25, 0.3) is 0 Å². The molecule has 0 spiro atoms. The largest absolute Gasteiger partial charge is 0.235 e. The summed E-state index contributed by atoms with van der Waals surface area (Å²) in [4.78, 5) is 1.88. The summed E-state index contributed by atoms with van der Waals surface area (Å²) in [5.74, 6) is 0.796. The first-order chi connectivity index (χ1) is 9.83. The van der Waals surface area contributed by atoms with Gasteiger partial charge in [-0.2, -0.15) is 9.61 Å². The molecule has 0 unspecified atom stereocenters. The van der Waals surface area contributed by atoms with Crippen LogP contribution in [0, 0.1) is 0 Å². The van der Waals surface area contributed by atoms with Crippen LogP contribution in [0.1, 0.15) is 0 Å². The monoisotopic (exact) mass is 362 g/mol. The predicted molar refractivity (Wildman–Crippen MR) is 85.1 cm³/mol. The van der Waals surface area contributed by atoms with Crippen LogP contribution in [-0.2, 0) is 0 Å². The van der Waals surface area contributed by atoms with Gasteiger partial charge in [-0.05, 0) is 17.5 Å². The number of rotatable bonds is 2. The van der Waals surface area contributed by atoms with Gasteiger partial charge >= 0.3 is 0 Å². The first kappa shape index (κ1) is 12.2. The van der Waals surface area contributed by atoms with Crippen molar-refractivity contribution < 1.29 is 0 Å². The number of fused-ring (bicyclic) bond motifs is 1. The second kappa shape index (κ2) is 4.76. The Labute approximate surface area is 130 Å². The van der Waals surface area contributed by atoms with E-state index in [9.17, 15) is 0 Å². The lowest BCUT2D eigenvalue weighted by Gasteiger charge is -1.98. The number of thiophene rings is 1. The Bertz CT molecular complexity index is 879. The predicted octanol–water partition coefficient (Wildman–Crippen LogP) is 4.34. The van der Waals surface area contributed by atoms with E-state index in [0.717, 1.165) is 30.7 Å². The zero-order valence-corrected chi connectivity index (χ0v) is 13.2. The second-order valence-corrected chi connectivity index (χ2v) is 6.84. The molecule has 4 nitrogen and oxygen atoms in total. The summed E-state index contributed by atoms with van der Waals surface area (Å²) in [7, 11) is 0. The summed E-state index contributed by atoms with van der Waals surface area (Å²) >= 11 is 6.73. The molecule has 3 aromatic heterocycles. The molecule has 4 rings (SSSR count). The molecule has 0 radical (unpaired) electrons. The maximum Gasteiger partial charge on any atom is 0.235 e. The summed E-state index contributed by atoms with van der Waals surface area (Å²) in [6, 6.07) is 12.1. The van der Waals surface area contributed by atoms with E-state index in [4.69, 9.17) is 0 Å². The number of aromatic nitrogens is 4. The van der Waals surface area contributed by atoms with Gasteiger partial charge in [0.2, 0.25) is 4.96 Å². The number of hydrogen-bond acceptors (Lipinski definition) is 5. The molecule has 0 saturated carbocycles. The van der Waals surface area contributed by atoms with Crippen LogP contribution >= 0.6 is 38.6 Å². The maximum absolute atomic E-state index is 4.65. The smallest absolute Gasteiger partial charge is 0.181 e. The Balaban J connectivity index is 1.91. The van der Waals surface area contributed by atoms with Gasteiger partial charge in [0.05, 0.1) is 4.88 Å². The van der Waals surface area contributed by atoms with Crippen molar-refractivity contribution in [3.63, 3.8) is 0 Å². The minimum atomic E-state index is 0.796. The fraction of sp³-hybridized carbons (Fsp3) is 0. The molecule has 0 amide bonds. The van der Waals surface area contributed by atoms with E-state index in [1.807, 2.05) is 46.3 Å². The van der Waals surface area contributed by atoms with Crippen molar-refractivity contribution in [2.24, 2.45) is 0 Å². The second-order valence-electron chi connectivity index (χ2n) is 4.08. The minimum absolute atomic E-state index is 0.796. The van der Waals surface area contributed by atoms with Crippen LogP contribution in [0.2, 0.25) is 0 Å². The summed E-state index contributed by atoms with van der Waals surface area (Å²) < 4.78 is 2.84.